The molecule has 1 aliphatic heterocycles. The van der Waals surface area contributed by atoms with Gasteiger partial charge < -0.3 is 5.32 Å². The summed E-state index contributed by atoms with van der Waals surface area (Å²) in [6, 6.07) is 4.44. The van der Waals surface area contributed by atoms with Crippen LogP contribution in [0.2, 0.25) is 0 Å². The molecule has 0 radical (unpaired) electrons. The third-order valence-electron chi connectivity index (χ3n) is 5.79. The Kier molecular flexibility index (Phi) is 5.38. The van der Waals surface area contributed by atoms with Gasteiger partial charge in [0.1, 0.15) is 0 Å². The van der Waals surface area contributed by atoms with Crippen molar-refractivity contribution in [3.63, 3.8) is 0 Å². The molecule has 28 heavy (non-hydrogen) atoms. The molecule has 3 heterocycles. The van der Waals surface area contributed by atoms with E-state index in [1.807, 2.05) is 36.6 Å². The molecule has 0 spiro atoms. The number of aromatic nitrogens is 3. The van der Waals surface area contributed by atoms with E-state index in [9.17, 15) is 4.79 Å². The first-order valence-corrected chi connectivity index (χ1v) is 10.6. The standard InChI is InChI=1S/C21H32N6O/c1-14(2)22-21(28)17-7-8-19-23-24-20(27(19)12-17)18-13-25(11-16-5-6-16)9-10-26(18)15(3)4/h7-8,12,14-16,18H,5-6,9-11,13H2,1-4H3,(H,22,28). The van der Waals surface area contributed by atoms with Crippen LogP contribution in [0.15, 0.2) is 18.3 Å². The molecule has 4 rings (SSSR count). The van der Waals surface area contributed by atoms with Crippen molar-refractivity contribution in [3.05, 3.63) is 29.7 Å². The smallest absolute Gasteiger partial charge is 0.252 e. The Morgan fingerprint density at radius 3 is 2.64 bits per heavy atom. The van der Waals surface area contributed by atoms with Crippen LogP contribution in [0.5, 0.6) is 0 Å². The van der Waals surface area contributed by atoms with Crippen molar-refractivity contribution in [2.75, 3.05) is 26.2 Å². The number of fused-ring (bicyclic) bond motifs is 1. The van der Waals surface area contributed by atoms with Crippen LogP contribution in [0, 0.1) is 5.92 Å². The van der Waals surface area contributed by atoms with Crippen molar-refractivity contribution in [3.8, 4) is 0 Å². The van der Waals surface area contributed by atoms with Gasteiger partial charge in [-0.15, -0.1) is 10.2 Å². The second-order valence-electron chi connectivity index (χ2n) is 8.88. The lowest BCUT2D eigenvalue weighted by molar-refractivity contribution is 0.0437. The molecule has 2 aromatic rings. The number of pyridine rings is 1. The highest BCUT2D eigenvalue weighted by Gasteiger charge is 2.35. The molecule has 1 aliphatic carbocycles. The fourth-order valence-electron chi connectivity index (χ4n) is 4.15. The molecular formula is C21H32N6O. The molecular weight excluding hydrogens is 352 g/mol. The Morgan fingerprint density at radius 1 is 1.18 bits per heavy atom. The van der Waals surface area contributed by atoms with E-state index in [1.165, 1.54) is 19.4 Å². The summed E-state index contributed by atoms with van der Waals surface area (Å²) in [4.78, 5) is 17.6. The van der Waals surface area contributed by atoms with Crippen LogP contribution in [-0.4, -0.2) is 68.6 Å². The molecule has 1 amide bonds. The van der Waals surface area contributed by atoms with Crippen LogP contribution in [0.1, 0.15) is 62.8 Å². The van der Waals surface area contributed by atoms with Gasteiger partial charge in [0.25, 0.3) is 5.91 Å². The zero-order chi connectivity index (χ0) is 19.8. The monoisotopic (exact) mass is 384 g/mol. The van der Waals surface area contributed by atoms with E-state index in [1.54, 1.807) is 0 Å². The summed E-state index contributed by atoms with van der Waals surface area (Å²) in [6.45, 7) is 12.7. The van der Waals surface area contributed by atoms with Gasteiger partial charge in [-0.3, -0.25) is 19.0 Å². The van der Waals surface area contributed by atoms with E-state index in [0.717, 1.165) is 37.0 Å². The lowest BCUT2D eigenvalue weighted by Gasteiger charge is -2.42. The summed E-state index contributed by atoms with van der Waals surface area (Å²) in [6.07, 6.45) is 4.63. The first kappa shape index (κ1) is 19.3. The molecule has 2 aromatic heterocycles. The van der Waals surface area contributed by atoms with Crippen LogP contribution in [0.4, 0.5) is 0 Å². The SMILES string of the molecule is CC(C)NC(=O)c1ccc2nnc(C3CN(CC4CC4)CCN3C(C)C)n2c1. The molecule has 0 aromatic carbocycles. The average Bonchev–Trinajstić information content (AvgIpc) is 3.36. The van der Waals surface area contributed by atoms with Gasteiger partial charge >= 0.3 is 0 Å². The van der Waals surface area contributed by atoms with Crippen LogP contribution < -0.4 is 5.32 Å². The first-order valence-electron chi connectivity index (χ1n) is 10.6. The van der Waals surface area contributed by atoms with Crippen LogP contribution in [-0.2, 0) is 0 Å². The van der Waals surface area contributed by atoms with E-state index in [2.05, 4.69) is 39.2 Å². The Hall–Kier alpha value is -1.99. The number of nitrogens with zero attached hydrogens (tertiary/aromatic N) is 5. The van der Waals surface area contributed by atoms with Gasteiger partial charge in [0.15, 0.2) is 11.5 Å². The topological polar surface area (TPSA) is 65.8 Å². The molecule has 1 saturated heterocycles. The minimum Gasteiger partial charge on any atom is -0.350 e. The van der Waals surface area contributed by atoms with Crippen molar-refractivity contribution in [1.29, 1.82) is 0 Å². The minimum absolute atomic E-state index is 0.0590. The predicted octanol–water partition coefficient (Wildman–Crippen LogP) is 2.34. The molecule has 7 heteroatoms. The van der Waals surface area contributed by atoms with Crippen LogP contribution in [0.25, 0.3) is 5.65 Å². The molecule has 7 nitrogen and oxygen atoms in total. The lowest BCUT2D eigenvalue weighted by atomic mass is 10.1. The van der Waals surface area contributed by atoms with E-state index < -0.39 is 0 Å². The average molecular weight is 385 g/mol. The van der Waals surface area contributed by atoms with Gasteiger partial charge in [-0.1, -0.05) is 0 Å². The van der Waals surface area contributed by atoms with Crippen molar-refractivity contribution in [1.82, 2.24) is 29.7 Å². The second kappa shape index (κ2) is 7.79. The van der Waals surface area contributed by atoms with Crippen LogP contribution in [0.3, 0.4) is 0 Å². The number of rotatable bonds is 6. The summed E-state index contributed by atoms with van der Waals surface area (Å²) >= 11 is 0. The highest BCUT2D eigenvalue weighted by Crippen LogP contribution is 2.33. The van der Waals surface area contributed by atoms with Crippen molar-refractivity contribution in [2.24, 2.45) is 5.92 Å². The number of nitrogens with one attached hydrogen (secondary N) is 1. The Bertz CT molecular complexity index is 841. The largest absolute Gasteiger partial charge is 0.350 e. The van der Waals surface area contributed by atoms with Crippen molar-refractivity contribution < 1.29 is 4.79 Å². The third-order valence-corrected chi connectivity index (χ3v) is 5.79. The second-order valence-corrected chi connectivity index (χ2v) is 8.88. The zero-order valence-corrected chi connectivity index (χ0v) is 17.4. The molecule has 0 bridgehead atoms. The fourth-order valence-corrected chi connectivity index (χ4v) is 4.15. The van der Waals surface area contributed by atoms with E-state index >= 15 is 0 Å². The summed E-state index contributed by atoms with van der Waals surface area (Å²) < 4.78 is 2.01. The summed E-state index contributed by atoms with van der Waals surface area (Å²) in [5.74, 6) is 1.76. The van der Waals surface area contributed by atoms with E-state index in [-0.39, 0.29) is 18.0 Å². The molecule has 2 fully saturated rings. The summed E-state index contributed by atoms with van der Waals surface area (Å²) in [5, 5.41) is 11.9. The molecule has 1 unspecified atom stereocenters. The maximum atomic E-state index is 12.5. The lowest BCUT2D eigenvalue weighted by Crippen LogP contribution is -2.51. The molecule has 1 atom stereocenters. The van der Waals surface area contributed by atoms with E-state index in [0.29, 0.717) is 11.6 Å². The normalized spacial score (nSPS) is 21.7. The van der Waals surface area contributed by atoms with Gasteiger partial charge in [-0.2, -0.15) is 0 Å². The number of piperazine rings is 1. The van der Waals surface area contributed by atoms with Crippen molar-refractivity contribution in [2.45, 2.75) is 58.7 Å². The quantitative estimate of drug-likeness (QED) is 0.828. The Morgan fingerprint density at radius 2 is 1.96 bits per heavy atom. The third kappa shape index (κ3) is 4.05. The molecule has 1 N–H and O–H groups in total. The first-order chi connectivity index (χ1) is 13.4. The van der Waals surface area contributed by atoms with Gasteiger partial charge in [0, 0.05) is 44.5 Å². The molecule has 1 saturated carbocycles. The number of amides is 1. The highest BCUT2D eigenvalue weighted by molar-refractivity contribution is 5.94. The molecule has 152 valence electrons. The van der Waals surface area contributed by atoms with Gasteiger partial charge in [-0.25, -0.2) is 0 Å². The number of hydrogen-bond donors (Lipinski definition) is 1. The fraction of sp³-hybridized carbons (Fsp3) is 0.667. The Balaban J connectivity index is 1.65. The van der Waals surface area contributed by atoms with Crippen LogP contribution >= 0.6 is 0 Å². The number of carbonyl (C=O) groups excluding carboxylic acids is 1. The van der Waals surface area contributed by atoms with Gasteiger partial charge in [0.2, 0.25) is 0 Å². The Labute approximate surface area is 167 Å². The molecule has 2 aliphatic rings. The summed E-state index contributed by atoms with van der Waals surface area (Å²) in [5.41, 5.74) is 1.43. The number of hydrogen-bond acceptors (Lipinski definition) is 5. The minimum atomic E-state index is -0.0590. The zero-order valence-electron chi connectivity index (χ0n) is 17.4. The highest BCUT2D eigenvalue weighted by atomic mass is 16.1. The van der Waals surface area contributed by atoms with Crippen molar-refractivity contribution >= 4 is 11.6 Å². The van der Waals surface area contributed by atoms with Gasteiger partial charge in [0.05, 0.1) is 11.6 Å². The van der Waals surface area contributed by atoms with E-state index in [4.69, 9.17) is 0 Å². The summed E-state index contributed by atoms with van der Waals surface area (Å²) in [7, 11) is 0. The maximum absolute atomic E-state index is 12.5. The maximum Gasteiger partial charge on any atom is 0.252 e. The number of carbonyl (C=O) groups is 1. The predicted molar refractivity (Wildman–Crippen MR) is 109 cm³/mol. The van der Waals surface area contributed by atoms with Gasteiger partial charge in [-0.05, 0) is 58.6 Å².